The van der Waals surface area contributed by atoms with Crippen LogP contribution in [0.5, 0.6) is 0 Å². The van der Waals surface area contributed by atoms with Gasteiger partial charge >= 0.3 is 0 Å². The first-order valence-electron chi connectivity index (χ1n) is 8.27. The van der Waals surface area contributed by atoms with Gasteiger partial charge in [-0.1, -0.05) is 37.3 Å². The van der Waals surface area contributed by atoms with Crippen molar-refractivity contribution in [2.24, 2.45) is 0 Å². The Kier molecular flexibility index (Phi) is 6.24. The van der Waals surface area contributed by atoms with Gasteiger partial charge in [0.15, 0.2) is 0 Å². The summed E-state index contributed by atoms with van der Waals surface area (Å²) < 4.78 is 0. The first-order valence-corrected chi connectivity index (χ1v) is 8.27. The summed E-state index contributed by atoms with van der Waals surface area (Å²) in [4.78, 5) is 14.6. The Hall–Kier alpha value is -1.35. The maximum absolute atomic E-state index is 12.6. The van der Waals surface area contributed by atoms with Crippen molar-refractivity contribution in [3.8, 4) is 0 Å². The third kappa shape index (κ3) is 4.85. The Bertz CT molecular complexity index is 426. The van der Waals surface area contributed by atoms with Crippen molar-refractivity contribution in [2.45, 2.75) is 64.6 Å². The summed E-state index contributed by atoms with van der Waals surface area (Å²) in [5, 5.41) is 3.47. The summed E-state index contributed by atoms with van der Waals surface area (Å²) >= 11 is 0. The van der Waals surface area contributed by atoms with Gasteiger partial charge in [0.1, 0.15) is 0 Å². The lowest BCUT2D eigenvalue weighted by Gasteiger charge is -2.29. The van der Waals surface area contributed by atoms with Gasteiger partial charge in [-0.3, -0.25) is 4.79 Å². The maximum Gasteiger partial charge on any atom is 0.223 e. The van der Waals surface area contributed by atoms with Crippen LogP contribution in [0.25, 0.3) is 0 Å². The van der Waals surface area contributed by atoms with E-state index in [1.54, 1.807) is 0 Å². The first kappa shape index (κ1) is 16.0. The summed E-state index contributed by atoms with van der Waals surface area (Å²) in [6.45, 7) is 6.13. The molecular weight excluding hydrogens is 260 g/mol. The van der Waals surface area contributed by atoms with Crippen LogP contribution in [0.2, 0.25) is 0 Å². The van der Waals surface area contributed by atoms with Gasteiger partial charge in [-0.05, 0) is 44.7 Å². The SMILES string of the molecule is CCC(C)N(Cc1ccccc1)C(=O)CCC1CCCN1. The molecule has 0 aromatic heterocycles. The maximum atomic E-state index is 12.6. The van der Waals surface area contributed by atoms with Crippen LogP contribution in [0, 0.1) is 0 Å². The minimum atomic E-state index is 0.293. The number of amides is 1. The van der Waals surface area contributed by atoms with Crippen molar-refractivity contribution in [1.29, 1.82) is 0 Å². The first-order chi connectivity index (χ1) is 10.2. The van der Waals surface area contributed by atoms with Crippen LogP contribution < -0.4 is 5.32 Å². The Morgan fingerprint density at radius 2 is 2.14 bits per heavy atom. The zero-order chi connectivity index (χ0) is 15.1. The van der Waals surface area contributed by atoms with Crippen LogP contribution >= 0.6 is 0 Å². The topological polar surface area (TPSA) is 32.3 Å². The van der Waals surface area contributed by atoms with Crippen LogP contribution in [-0.2, 0) is 11.3 Å². The van der Waals surface area contributed by atoms with Gasteiger partial charge < -0.3 is 10.2 Å². The van der Waals surface area contributed by atoms with E-state index in [0.29, 0.717) is 24.4 Å². The van der Waals surface area contributed by atoms with E-state index in [1.165, 1.54) is 18.4 Å². The van der Waals surface area contributed by atoms with Crippen molar-refractivity contribution < 1.29 is 4.79 Å². The van der Waals surface area contributed by atoms with E-state index in [9.17, 15) is 4.79 Å². The van der Waals surface area contributed by atoms with Crippen molar-refractivity contribution in [1.82, 2.24) is 10.2 Å². The molecule has 0 bridgehead atoms. The van der Waals surface area contributed by atoms with Gasteiger partial charge in [0, 0.05) is 25.0 Å². The van der Waals surface area contributed by atoms with E-state index in [4.69, 9.17) is 0 Å². The largest absolute Gasteiger partial charge is 0.336 e. The smallest absolute Gasteiger partial charge is 0.223 e. The molecule has 2 rings (SSSR count). The van der Waals surface area contributed by atoms with Crippen molar-refractivity contribution in [2.75, 3.05) is 6.54 Å². The molecule has 0 aliphatic carbocycles. The molecule has 0 spiro atoms. The monoisotopic (exact) mass is 288 g/mol. The van der Waals surface area contributed by atoms with E-state index in [2.05, 4.69) is 31.3 Å². The molecule has 1 aliphatic rings. The molecule has 1 N–H and O–H groups in total. The standard InChI is InChI=1S/C18H28N2O/c1-3-15(2)20(14-16-8-5-4-6-9-16)18(21)12-11-17-10-7-13-19-17/h4-6,8-9,15,17,19H,3,7,10-14H2,1-2H3. The Balaban J connectivity index is 1.92. The second-order valence-electron chi connectivity index (χ2n) is 6.10. The molecule has 1 aromatic carbocycles. The zero-order valence-electron chi connectivity index (χ0n) is 13.3. The second kappa shape index (κ2) is 8.18. The number of hydrogen-bond donors (Lipinski definition) is 1. The number of carbonyl (C=O) groups is 1. The quantitative estimate of drug-likeness (QED) is 0.834. The van der Waals surface area contributed by atoms with Gasteiger partial charge in [-0.2, -0.15) is 0 Å². The van der Waals surface area contributed by atoms with Gasteiger partial charge in [0.25, 0.3) is 0 Å². The molecule has 2 atom stereocenters. The summed E-state index contributed by atoms with van der Waals surface area (Å²) in [5.41, 5.74) is 1.21. The van der Waals surface area contributed by atoms with E-state index in [0.717, 1.165) is 25.9 Å². The summed E-state index contributed by atoms with van der Waals surface area (Å²) in [5.74, 6) is 0.293. The molecular formula is C18H28N2O. The number of nitrogens with one attached hydrogen (secondary N) is 1. The van der Waals surface area contributed by atoms with Crippen molar-refractivity contribution in [3.05, 3.63) is 35.9 Å². The van der Waals surface area contributed by atoms with Gasteiger partial charge in [-0.15, -0.1) is 0 Å². The predicted molar refractivity (Wildman–Crippen MR) is 87.0 cm³/mol. The average molecular weight is 288 g/mol. The van der Waals surface area contributed by atoms with E-state index < -0.39 is 0 Å². The third-order valence-corrected chi connectivity index (χ3v) is 4.51. The highest BCUT2D eigenvalue weighted by molar-refractivity contribution is 5.76. The summed E-state index contributed by atoms with van der Waals surface area (Å²) in [6, 6.07) is 11.1. The minimum absolute atomic E-state index is 0.293. The predicted octanol–water partition coefficient (Wildman–Crippen LogP) is 3.35. The van der Waals surface area contributed by atoms with Crippen LogP contribution in [0.4, 0.5) is 0 Å². The molecule has 21 heavy (non-hydrogen) atoms. The average Bonchev–Trinajstić information content (AvgIpc) is 3.04. The molecule has 1 saturated heterocycles. The fourth-order valence-electron chi connectivity index (χ4n) is 2.93. The highest BCUT2D eigenvalue weighted by atomic mass is 16.2. The molecule has 1 amide bonds. The number of rotatable bonds is 7. The molecule has 0 saturated carbocycles. The fraction of sp³-hybridized carbons (Fsp3) is 0.611. The van der Waals surface area contributed by atoms with Gasteiger partial charge in [0.05, 0.1) is 0 Å². The normalized spacial score (nSPS) is 19.4. The molecule has 1 heterocycles. The number of benzene rings is 1. The number of hydrogen-bond acceptors (Lipinski definition) is 2. The van der Waals surface area contributed by atoms with E-state index in [-0.39, 0.29) is 0 Å². The Morgan fingerprint density at radius 1 is 1.38 bits per heavy atom. The molecule has 2 unspecified atom stereocenters. The molecule has 3 heteroatoms. The lowest BCUT2D eigenvalue weighted by molar-refractivity contribution is -0.134. The lowest BCUT2D eigenvalue weighted by Crippen LogP contribution is -2.38. The molecule has 1 aromatic rings. The number of nitrogens with zero attached hydrogens (tertiary/aromatic N) is 1. The molecule has 116 valence electrons. The van der Waals surface area contributed by atoms with Crippen molar-refractivity contribution >= 4 is 5.91 Å². The Labute approximate surface area is 128 Å². The van der Waals surface area contributed by atoms with Crippen LogP contribution in [-0.4, -0.2) is 29.4 Å². The van der Waals surface area contributed by atoms with Crippen LogP contribution in [0.1, 0.15) is 51.5 Å². The molecule has 3 nitrogen and oxygen atoms in total. The molecule has 1 fully saturated rings. The van der Waals surface area contributed by atoms with Crippen LogP contribution in [0.3, 0.4) is 0 Å². The van der Waals surface area contributed by atoms with Crippen LogP contribution in [0.15, 0.2) is 30.3 Å². The molecule has 1 aliphatic heterocycles. The summed E-state index contributed by atoms with van der Waals surface area (Å²) in [6.07, 6.45) is 5.10. The van der Waals surface area contributed by atoms with Gasteiger partial charge in [-0.25, -0.2) is 0 Å². The molecule has 0 radical (unpaired) electrons. The highest BCUT2D eigenvalue weighted by Crippen LogP contribution is 2.16. The number of carbonyl (C=O) groups excluding carboxylic acids is 1. The zero-order valence-corrected chi connectivity index (χ0v) is 13.3. The van der Waals surface area contributed by atoms with E-state index in [1.807, 2.05) is 23.1 Å². The Morgan fingerprint density at radius 3 is 2.76 bits per heavy atom. The highest BCUT2D eigenvalue weighted by Gasteiger charge is 2.21. The second-order valence-corrected chi connectivity index (χ2v) is 6.10. The minimum Gasteiger partial charge on any atom is -0.336 e. The summed E-state index contributed by atoms with van der Waals surface area (Å²) in [7, 11) is 0. The lowest BCUT2D eigenvalue weighted by atomic mass is 10.1. The van der Waals surface area contributed by atoms with Gasteiger partial charge in [0.2, 0.25) is 5.91 Å². The fourth-order valence-corrected chi connectivity index (χ4v) is 2.93. The third-order valence-electron chi connectivity index (χ3n) is 4.51. The van der Waals surface area contributed by atoms with Crippen molar-refractivity contribution in [3.63, 3.8) is 0 Å². The van der Waals surface area contributed by atoms with E-state index >= 15 is 0 Å².